The van der Waals surface area contributed by atoms with Crippen molar-refractivity contribution in [2.45, 2.75) is 11.9 Å². The minimum absolute atomic E-state index is 0.0470. The molecule has 0 spiro atoms. The fraction of sp³-hybridized carbons (Fsp3) is 0.375. The van der Waals surface area contributed by atoms with Crippen LogP contribution in [-0.2, 0) is 0 Å². The van der Waals surface area contributed by atoms with E-state index in [0.29, 0.717) is 16.7 Å². The maximum atomic E-state index is 10.6. The number of thioether (sulfide) groups is 1. The first kappa shape index (κ1) is 11.3. The van der Waals surface area contributed by atoms with Crippen LogP contribution in [0, 0.1) is 17.0 Å². The van der Waals surface area contributed by atoms with Crippen LogP contribution < -0.4 is 0 Å². The smallest absolute Gasteiger partial charge is 0.258 e. The van der Waals surface area contributed by atoms with Crippen molar-refractivity contribution in [1.29, 1.82) is 0 Å². The van der Waals surface area contributed by atoms with E-state index in [0.717, 1.165) is 5.69 Å². The Morgan fingerprint density at radius 3 is 2.93 bits per heavy atom. The first-order valence-electron chi connectivity index (χ1n) is 3.96. The lowest BCUT2D eigenvalue weighted by Gasteiger charge is -2.01. The zero-order valence-electron chi connectivity index (χ0n) is 7.57. The van der Waals surface area contributed by atoms with Crippen molar-refractivity contribution in [3.63, 3.8) is 0 Å². The van der Waals surface area contributed by atoms with E-state index < -0.39 is 4.92 Å². The van der Waals surface area contributed by atoms with Gasteiger partial charge >= 0.3 is 5.69 Å². The highest BCUT2D eigenvalue weighted by atomic mass is 35.5. The van der Waals surface area contributed by atoms with Crippen LogP contribution in [0.3, 0.4) is 0 Å². The SMILES string of the molecule is Cc1ccc([N+](=O)[O-])c(SCCCl)n1. The van der Waals surface area contributed by atoms with Crippen molar-refractivity contribution in [2.24, 2.45) is 0 Å². The van der Waals surface area contributed by atoms with Gasteiger partial charge in [-0.3, -0.25) is 10.1 Å². The van der Waals surface area contributed by atoms with Crippen molar-refractivity contribution < 1.29 is 4.92 Å². The summed E-state index contributed by atoms with van der Waals surface area (Å²) >= 11 is 6.81. The van der Waals surface area contributed by atoms with Gasteiger partial charge in [-0.2, -0.15) is 0 Å². The zero-order valence-corrected chi connectivity index (χ0v) is 9.14. The van der Waals surface area contributed by atoms with E-state index in [-0.39, 0.29) is 5.69 Å². The Labute approximate surface area is 90.8 Å². The molecule has 1 rings (SSSR count). The number of hydrogen-bond donors (Lipinski definition) is 0. The number of halogens is 1. The average molecular weight is 233 g/mol. The van der Waals surface area contributed by atoms with Crippen LogP contribution >= 0.6 is 23.4 Å². The third kappa shape index (κ3) is 2.85. The van der Waals surface area contributed by atoms with Gasteiger partial charge < -0.3 is 0 Å². The molecule has 0 saturated carbocycles. The topological polar surface area (TPSA) is 56.0 Å². The Bertz CT molecular complexity index is 346. The van der Waals surface area contributed by atoms with Crippen LogP contribution in [0.2, 0.25) is 0 Å². The minimum Gasteiger partial charge on any atom is -0.258 e. The second kappa shape index (κ2) is 5.17. The second-order valence-electron chi connectivity index (χ2n) is 2.57. The molecule has 0 aromatic carbocycles. The van der Waals surface area contributed by atoms with Crippen molar-refractivity contribution in [1.82, 2.24) is 4.98 Å². The van der Waals surface area contributed by atoms with Crippen molar-refractivity contribution in [3.05, 3.63) is 27.9 Å². The molecule has 4 nitrogen and oxygen atoms in total. The van der Waals surface area contributed by atoms with E-state index in [9.17, 15) is 10.1 Å². The number of nitrogens with zero attached hydrogens (tertiary/aromatic N) is 2. The lowest BCUT2D eigenvalue weighted by molar-refractivity contribution is -0.388. The second-order valence-corrected chi connectivity index (χ2v) is 4.03. The molecule has 0 aliphatic carbocycles. The molecule has 1 aromatic heterocycles. The maximum Gasteiger partial charge on any atom is 0.301 e. The lowest BCUT2D eigenvalue weighted by atomic mass is 10.3. The summed E-state index contributed by atoms with van der Waals surface area (Å²) in [5, 5.41) is 11.1. The molecule has 1 heterocycles. The quantitative estimate of drug-likeness (QED) is 0.347. The predicted molar refractivity (Wildman–Crippen MR) is 57.1 cm³/mol. The number of nitro groups is 1. The molecular weight excluding hydrogens is 224 g/mol. The Hall–Kier alpha value is -0.810. The van der Waals surface area contributed by atoms with Crippen LogP contribution in [0.25, 0.3) is 0 Å². The van der Waals surface area contributed by atoms with Gasteiger partial charge in [-0.15, -0.1) is 11.6 Å². The fourth-order valence-electron chi connectivity index (χ4n) is 0.906. The molecule has 0 radical (unpaired) electrons. The lowest BCUT2D eigenvalue weighted by Crippen LogP contribution is -1.95. The highest BCUT2D eigenvalue weighted by Crippen LogP contribution is 2.26. The number of aromatic nitrogens is 1. The summed E-state index contributed by atoms with van der Waals surface area (Å²) in [6, 6.07) is 3.10. The van der Waals surface area contributed by atoms with Gasteiger partial charge in [0.15, 0.2) is 5.03 Å². The van der Waals surface area contributed by atoms with Gasteiger partial charge in [0.25, 0.3) is 0 Å². The van der Waals surface area contributed by atoms with Gasteiger partial charge in [0.2, 0.25) is 0 Å². The normalized spacial score (nSPS) is 10.1. The van der Waals surface area contributed by atoms with E-state index in [1.807, 2.05) is 0 Å². The summed E-state index contributed by atoms with van der Waals surface area (Å²) in [6.07, 6.45) is 0. The standard InChI is InChI=1S/C8H9ClN2O2S/c1-6-2-3-7(11(12)13)8(10-6)14-5-4-9/h2-3H,4-5H2,1H3. The third-order valence-corrected chi connectivity index (χ3v) is 2.89. The van der Waals surface area contributed by atoms with Crippen LogP contribution in [0.4, 0.5) is 5.69 Å². The van der Waals surface area contributed by atoms with E-state index in [1.165, 1.54) is 17.8 Å². The Kier molecular flexibility index (Phi) is 4.16. The van der Waals surface area contributed by atoms with Crippen LogP contribution in [0.1, 0.15) is 5.69 Å². The zero-order chi connectivity index (χ0) is 10.6. The molecule has 0 atom stereocenters. The minimum atomic E-state index is -0.428. The summed E-state index contributed by atoms with van der Waals surface area (Å²) in [5.41, 5.74) is 0.818. The largest absolute Gasteiger partial charge is 0.301 e. The maximum absolute atomic E-state index is 10.6. The van der Waals surface area contributed by atoms with Gasteiger partial charge in [-0.1, -0.05) is 11.8 Å². The van der Waals surface area contributed by atoms with E-state index in [1.54, 1.807) is 13.0 Å². The molecule has 76 valence electrons. The number of aryl methyl sites for hydroxylation is 1. The summed E-state index contributed by atoms with van der Waals surface area (Å²) in [7, 11) is 0. The van der Waals surface area contributed by atoms with E-state index in [2.05, 4.69) is 4.98 Å². The van der Waals surface area contributed by atoms with Crippen LogP contribution in [0.5, 0.6) is 0 Å². The molecule has 0 saturated heterocycles. The molecule has 0 fully saturated rings. The summed E-state index contributed by atoms with van der Waals surface area (Å²) in [6.45, 7) is 1.80. The van der Waals surface area contributed by atoms with E-state index >= 15 is 0 Å². The van der Waals surface area contributed by atoms with Crippen molar-refractivity contribution in [2.75, 3.05) is 11.6 Å². The van der Waals surface area contributed by atoms with Gasteiger partial charge in [-0.25, -0.2) is 4.98 Å². The first-order chi connectivity index (χ1) is 6.65. The molecule has 1 aromatic rings. The Morgan fingerprint density at radius 2 is 2.36 bits per heavy atom. The number of alkyl halides is 1. The Balaban J connectivity index is 2.97. The molecule has 0 bridgehead atoms. The average Bonchev–Trinajstić information content (AvgIpc) is 2.14. The predicted octanol–water partition coefficient (Wildman–Crippen LogP) is 2.63. The summed E-state index contributed by atoms with van der Waals surface area (Å²) in [4.78, 5) is 14.3. The van der Waals surface area contributed by atoms with Gasteiger partial charge in [-0.05, 0) is 13.0 Å². The summed E-state index contributed by atoms with van der Waals surface area (Å²) in [5.74, 6) is 1.08. The van der Waals surface area contributed by atoms with E-state index in [4.69, 9.17) is 11.6 Å². The van der Waals surface area contributed by atoms with Gasteiger partial charge in [0, 0.05) is 23.4 Å². The fourth-order valence-corrected chi connectivity index (χ4v) is 1.91. The Morgan fingerprint density at radius 1 is 1.64 bits per heavy atom. The number of hydrogen-bond acceptors (Lipinski definition) is 4. The highest BCUT2D eigenvalue weighted by Gasteiger charge is 2.14. The van der Waals surface area contributed by atoms with Crippen molar-refractivity contribution >= 4 is 29.1 Å². The highest BCUT2D eigenvalue weighted by molar-refractivity contribution is 7.99. The van der Waals surface area contributed by atoms with Crippen molar-refractivity contribution in [3.8, 4) is 0 Å². The molecule has 0 N–H and O–H groups in total. The monoisotopic (exact) mass is 232 g/mol. The summed E-state index contributed by atoms with van der Waals surface area (Å²) < 4.78 is 0. The number of pyridine rings is 1. The molecule has 0 amide bonds. The molecule has 0 aliphatic rings. The first-order valence-corrected chi connectivity index (χ1v) is 5.48. The molecule has 14 heavy (non-hydrogen) atoms. The molecule has 0 unspecified atom stereocenters. The van der Waals surface area contributed by atoms with Gasteiger partial charge in [0.1, 0.15) is 0 Å². The molecule has 0 aliphatic heterocycles. The molecular formula is C8H9ClN2O2S. The third-order valence-electron chi connectivity index (χ3n) is 1.49. The number of rotatable bonds is 4. The van der Waals surface area contributed by atoms with Crippen LogP contribution in [0.15, 0.2) is 17.2 Å². The molecule has 6 heteroatoms. The van der Waals surface area contributed by atoms with Crippen LogP contribution in [-0.4, -0.2) is 21.5 Å². The van der Waals surface area contributed by atoms with Gasteiger partial charge in [0.05, 0.1) is 4.92 Å².